The van der Waals surface area contributed by atoms with Crippen molar-refractivity contribution in [2.45, 2.75) is 0 Å². The van der Waals surface area contributed by atoms with E-state index in [1.165, 1.54) is 54.6 Å². The number of fused-ring (bicyclic) bond motifs is 5. The van der Waals surface area contributed by atoms with E-state index in [1.807, 2.05) is 0 Å². The molecule has 0 bridgehead atoms. The first-order valence-electron chi connectivity index (χ1n) is 26.4. The van der Waals surface area contributed by atoms with Gasteiger partial charge in [-0.15, -0.1) is 0 Å². The molecule has 0 aliphatic heterocycles. The summed E-state index contributed by atoms with van der Waals surface area (Å²) in [5.74, 6) is 0. The van der Waals surface area contributed by atoms with E-state index in [2.05, 4.69) is 324 Å². The highest BCUT2D eigenvalue weighted by atomic mass is 15.1. The standard InChI is InChI=1S/C74H51N3/c1-6-22-52(23-7-1)73-65-36-16-18-38-67(65)74(68-39-19-17-37-66(68)73)53-40-44-62(45-41-53)77-71-46-42-56(54-24-20-34-63(48-54)75(58-26-8-2-9-27-58)59-28-10-3-11-29-59)50-69(71)70-51-57(43-47-72(70)77)55-25-21-35-64(49-55)76(60-30-12-4-13-31-60)61-32-14-5-15-33-61/h1-51H. The van der Waals surface area contributed by atoms with Crippen LogP contribution in [0.25, 0.3) is 93.5 Å². The van der Waals surface area contributed by atoms with E-state index in [1.54, 1.807) is 0 Å². The summed E-state index contributed by atoms with van der Waals surface area (Å²) in [7, 11) is 0. The van der Waals surface area contributed by atoms with E-state index < -0.39 is 0 Å². The van der Waals surface area contributed by atoms with Crippen LogP contribution in [0.3, 0.4) is 0 Å². The van der Waals surface area contributed by atoms with Gasteiger partial charge < -0.3 is 14.4 Å². The summed E-state index contributed by atoms with van der Waals surface area (Å²) in [6.07, 6.45) is 0. The first-order valence-corrected chi connectivity index (χ1v) is 26.4. The lowest BCUT2D eigenvalue weighted by Gasteiger charge is -2.26. The molecule has 0 spiro atoms. The van der Waals surface area contributed by atoms with Crippen LogP contribution in [0.1, 0.15) is 0 Å². The Labute approximate surface area is 449 Å². The molecule has 77 heavy (non-hydrogen) atoms. The zero-order valence-electron chi connectivity index (χ0n) is 42.3. The molecule has 14 aromatic rings. The molecule has 362 valence electrons. The Morgan fingerprint density at radius 2 is 0.481 bits per heavy atom. The van der Waals surface area contributed by atoms with E-state index in [0.717, 1.165) is 73.1 Å². The summed E-state index contributed by atoms with van der Waals surface area (Å²) in [4.78, 5) is 4.66. The van der Waals surface area contributed by atoms with Gasteiger partial charge in [0.15, 0.2) is 0 Å². The summed E-state index contributed by atoms with van der Waals surface area (Å²) in [5.41, 5.74) is 19.6. The number of hydrogen-bond acceptors (Lipinski definition) is 2. The first kappa shape index (κ1) is 45.4. The molecule has 0 saturated carbocycles. The van der Waals surface area contributed by atoms with Gasteiger partial charge in [-0.3, -0.25) is 0 Å². The molecule has 14 rings (SSSR count). The van der Waals surface area contributed by atoms with E-state index in [4.69, 9.17) is 0 Å². The van der Waals surface area contributed by atoms with Crippen LogP contribution < -0.4 is 9.80 Å². The van der Waals surface area contributed by atoms with Crippen molar-refractivity contribution in [1.82, 2.24) is 4.57 Å². The molecule has 3 heteroatoms. The maximum absolute atomic E-state index is 2.45. The predicted octanol–water partition coefficient (Wildman–Crippen LogP) is 20.7. The first-order chi connectivity index (χ1) is 38.2. The van der Waals surface area contributed by atoms with Crippen LogP contribution in [0.4, 0.5) is 34.1 Å². The molecular formula is C74H51N3. The molecule has 1 aromatic heterocycles. The van der Waals surface area contributed by atoms with Crippen LogP contribution >= 0.6 is 0 Å². The zero-order valence-corrected chi connectivity index (χ0v) is 42.3. The number of anilines is 6. The van der Waals surface area contributed by atoms with Gasteiger partial charge in [0.25, 0.3) is 0 Å². The van der Waals surface area contributed by atoms with Gasteiger partial charge in [-0.05, 0) is 175 Å². The van der Waals surface area contributed by atoms with Gasteiger partial charge in [0.1, 0.15) is 0 Å². The third kappa shape index (κ3) is 8.28. The summed E-state index contributed by atoms with van der Waals surface area (Å²) < 4.78 is 2.45. The molecule has 0 aliphatic carbocycles. The second-order valence-corrected chi connectivity index (χ2v) is 19.7. The van der Waals surface area contributed by atoms with Gasteiger partial charge in [-0.1, -0.05) is 200 Å². The Kier molecular flexibility index (Phi) is 11.5. The summed E-state index contributed by atoms with van der Waals surface area (Å²) in [5, 5.41) is 7.38. The fraction of sp³-hybridized carbons (Fsp3) is 0. The maximum Gasteiger partial charge on any atom is 0.0541 e. The Morgan fingerprint density at radius 1 is 0.195 bits per heavy atom. The van der Waals surface area contributed by atoms with Gasteiger partial charge >= 0.3 is 0 Å². The van der Waals surface area contributed by atoms with Crippen molar-refractivity contribution in [3.05, 3.63) is 309 Å². The van der Waals surface area contributed by atoms with Crippen LogP contribution in [0.5, 0.6) is 0 Å². The van der Waals surface area contributed by atoms with Crippen molar-refractivity contribution in [3.8, 4) is 50.2 Å². The van der Waals surface area contributed by atoms with Crippen LogP contribution in [-0.2, 0) is 0 Å². The predicted molar refractivity (Wildman–Crippen MR) is 327 cm³/mol. The highest BCUT2D eigenvalue weighted by molar-refractivity contribution is 6.21. The molecule has 0 fully saturated rings. The quantitative estimate of drug-likeness (QED) is 0.120. The smallest absolute Gasteiger partial charge is 0.0541 e. The number of aromatic nitrogens is 1. The molecule has 0 aliphatic rings. The Morgan fingerprint density at radius 3 is 0.857 bits per heavy atom. The van der Waals surface area contributed by atoms with Crippen LogP contribution in [-0.4, -0.2) is 4.57 Å². The second kappa shape index (κ2) is 19.6. The molecule has 0 atom stereocenters. The summed E-state index contributed by atoms with van der Waals surface area (Å²) in [6.45, 7) is 0. The Bertz CT molecular complexity index is 4100. The fourth-order valence-electron chi connectivity index (χ4n) is 11.6. The minimum absolute atomic E-state index is 1.10. The summed E-state index contributed by atoms with van der Waals surface area (Å²) in [6, 6.07) is 112. The van der Waals surface area contributed by atoms with Crippen LogP contribution in [0.15, 0.2) is 309 Å². The van der Waals surface area contributed by atoms with Crippen molar-refractivity contribution in [3.63, 3.8) is 0 Å². The number of para-hydroxylation sites is 4. The average molecular weight is 982 g/mol. The lowest BCUT2D eigenvalue weighted by molar-refractivity contribution is 1.18. The molecule has 1 heterocycles. The van der Waals surface area contributed by atoms with Gasteiger partial charge in [0.05, 0.1) is 11.0 Å². The highest BCUT2D eigenvalue weighted by Crippen LogP contribution is 2.46. The second-order valence-electron chi connectivity index (χ2n) is 19.7. The highest BCUT2D eigenvalue weighted by Gasteiger charge is 2.20. The number of benzene rings is 13. The van der Waals surface area contributed by atoms with Crippen molar-refractivity contribution in [1.29, 1.82) is 0 Å². The van der Waals surface area contributed by atoms with Crippen LogP contribution in [0, 0.1) is 0 Å². The van der Waals surface area contributed by atoms with Gasteiger partial charge in [0, 0.05) is 50.6 Å². The minimum atomic E-state index is 1.10. The van der Waals surface area contributed by atoms with Gasteiger partial charge in [-0.2, -0.15) is 0 Å². The summed E-state index contributed by atoms with van der Waals surface area (Å²) >= 11 is 0. The topological polar surface area (TPSA) is 11.4 Å². The van der Waals surface area contributed by atoms with E-state index in [9.17, 15) is 0 Å². The Hall–Kier alpha value is -10.2. The maximum atomic E-state index is 2.45. The van der Waals surface area contributed by atoms with Gasteiger partial charge in [-0.25, -0.2) is 0 Å². The normalized spacial score (nSPS) is 11.4. The van der Waals surface area contributed by atoms with Crippen molar-refractivity contribution >= 4 is 77.5 Å². The molecular weight excluding hydrogens is 931 g/mol. The number of rotatable bonds is 11. The van der Waals surface area contributed by atoms with Crippen molar-refractivity contribution < 1.29 is 0 Å². The number of nitrogens with zero attached hydrogens (tertiary/aromatic N) is 3. The zero-order chi connectivity index (χ0) is 51.1. The molecule has 0 radical (unpaired) electrons. The fourth-order valence-corrected chi connectivity index (χ4v) is 11.6. The lowest BCUT2D eigenvalue weighted by Crippen LogP contribution is -2.09. The van der Waals surface area contributed by atoms with E-state index >= 15 is 0 Å². The van der Waals surface area contributed by atoms with E-state index in [0.29, 0.717) is 0 Å². The molecule has 0 amide bonds. The number of hydrogen-bond donors (Lipinski definition) is 0. The molecule has 0 N–H and O–H groups in total. The van der Waals surface area contributed by atoms with Crippen molar-refractivity contribution in [2.24, 2.45) is 0 Å². The molecule has 0 unspecified atom stereocenters. The average Bonchev–Trinajstić information content (AvgIpc) is 3.96. The molecule has 13 aromatic carbocycles. The van der Waals surface area contributed by atoms with Crippen LogP contribution in [0.2, 0.25) is 0 Å². The lowest BCUT2D eigenvalue weighted by atomic mass is 9.86. The monoisotopic (exact) mass is 981 g/mol. The molecule has 0 saturated heterocycles. The Balaban J connectivity index is 0.928. The van der Waals surface area contributed by atoms with Gasteiger partial charge in [0.2, 0.25) is 0 Å². The largest absolute Gasteiger partial charge is 0.310 e. The minimum Gasteiger partial charge on any atom is -0.310 e. The van der Waals surface area contributed by atoms with Crippen molar-refractivity contribution in [2.75, 3.05) is 9.80 Å². The third-order valence-electron chi connectivity index (χ3n) is 15.1. The van der Waals surface area contributed by atoms with E-state index in [-0.39, 0.29) is 0 Å². The third-order valence-corrected chi connectivity index (χ3v) is 15.1. The molecule has 3 nitrogen and oxygen atoms in total. The SMILES string of the molecule is c1ccc(-c2c3ccccc3c(-c3ccc(-n4c5ccc(-c6cccc(N(c7ccccc7)c7ccccc7)c6)cc5c5cc(-c6cccc(N(c7ccccc7)c7ccccc7)c6)ccc54)cc3)c3ccccc23)cc1.